The van der Waals surface area contributed by atoms with E-state index >= 15 is 0 Å². The lowest BCUT2D eigenvalue weighted by Crippen LogP contribution is -2.41. The van der Waals surface area contributed by atoms with Crippen LogP contribution in [0.2, 0.25) is 0 Å². The molecule has 6 heteroatoms. The molecule has 1 N–H and O–H groups in total. The number of hydrogen-bond donors (Lipinski definition) is 1. The van der Waals surface area contributed by atoms with Gasteiger partial charge in [-0.3, -0.25) is 4.79 Å². The Hall–Kier alpha value is -2.76. The summed E-state index contributed by atoms with van der Waals surface area (Å²) in [7, 11) is 2.97. The number of amides is 1. The molecule has 0 radical (unpaired) electrons. The van der Waals surface area contributed by atoms with Crippen molar-refractivity contribution in [2.45, 2.75) is 31.9 Å². The van der Waals surface area contributed by atoms with Gasteiger partial charge < -0.3 is 19.5 Å². The van der Waals surface area contributed by atoms with E-state index in [9.17, 15) is 9.18 Å². The SMILES string of the molecule is COc1ccc2c(c1)OC(C)(C)C[C@H]2NC(=O)c1ccc(OC)c(F)c1. The Morgan fingerprint density at radius 3 is 2.62 bits per heavy atom. The molecule has 3 rings (SSSR count). The molecule has 1 aliphatic rings. The lowest BCUT2D eigenvalue weighted by atomic mass is 9.89. The minimum atomic E-state index is -0.572. The van der Waals surface area contributed by atoms with Gasteiger partial charge in [0.05, 0.1) is 20.3 Å². The molecule has 0 saturated heterocycles. The third-order valence-corrected chi connectivity index (χ3v) is 4.40. The van der Waals surface area contributed by atoms with Crippen molar-refractivity contribution in [3.05, 3.63) is 53.3 Å². The highest BCUT2D eigenvalue weighted by Crippen LogP contribution is 2.41. The van der Waals surface area contributed by atoms with Crippen molar-refractivity contribution >= 4 is 5.91 Å². The van der Waals surface area contributed by atoms with E-state index in [1.807, 2.05) is 32.0 Å². The molecular weight excluding hydrogens is 337 g/mol. The first kappa shape index (κ1) is 18.0. The average Bonchev–Trinajstić information content (AvgIpc) is 2.60. The summed E-state index contributed by atoms with van der Waals surface area (Å²) in [6.45, 7) is 3.92. The number of rotatable bonds is 4. The number of nitrogens with one attached hydrogen (secondary N) is 1. The van der Waals surface area contributed by atoms with Crippen LogP contribution in [0.25, 0.3) is 0 Å². The van der Waals surface area contributed by atoms with Gasteiger partial charge in [0, 0.05) is 23.6 Å². The normalized spacial score (nSPS) is 17.7. The largest absolute Gasteiger partial charge is 0.497 e. The summed E-state index contributed by atoms with van der Waals surface area (Å²) in [6, 6.07) is 9.41. The molecule has 1 aliphatic heterocycles. The molecule has 1 amide bonds. The number of carbonyl (C=O) groups excluding carboxylic acids is 1. The van der Waals surface area contributed by atoms with Crippen LogP contribution in [0.3, 0.4) is 0 Å². The number of halogens is 1. The predicted octanol–water partition coefficient (Wildman–Crippen LogP) is 3.88. The highest BCUT2D eigenvalue weighted by molar-refractivity contribution is 5.94. The van der Waals surface area contributed by atoms with Crippen LogP contribution < -0.4 is 19.5 Å². The van der Waals surface area contributed by atoms with Crippen LogP contribution in [0.1, 0.15) is 42.2 Å². The molecule has 26 heavy (non-hydrogen) atoms. The van der Waals surface area contributed by atoms with Gasteiger partial charge in [-0.1, -0.05) is 0 Å². The van der Waals surface area contributed by atoms with Crippen molar-refractivity contribution in [2.75, 3.05) is 14.2 Å². The lowest BCUT2D eigenvalue weighted by molar-refractivity contribution is 0.0617. The third-order valence-electron chi connectivity index (χ3n) is 4.40. The van der Waals surface area contributed by atoms with E-state index in [1.54, 1.807) is 7.11 Å². The Morgan fingerprint density at radius 1 is 1.19 bits per heavy atom. The molecule has 1 atom stereocenters. The van der Waals surface area contributed by atoms with Gasteiger partial charge in [-0.05, 0) is 44.2 Å². The topological polar surface area (TPSA) is 56.8 Å². The highest BCUT2D eigenvalue weighted by atomic mass is 19.1. The van der Waals surface area contributed by atoms with Crippen molar-refractivity contribution in [1.29, 1.82) is 0 Å². The Balaban J connectivity index is 1.87. The van der Waals surface area contributed by atoms with Gasteiger partial charge in [0.2, 0.25) is 0 Å². The standard InChI is InChI=1S/C20H22FNO4/c1-20(2)11-16(14-7-6-13(24-3)10-18(14)26-20)22-19(23)12-5-8-17(25-4)15(21)9-12/h5-10,16H,11H2,1-4H3,(H,22,23)/t16-/m1/s1. The molecule has 2 aromatic rings. The second-order valence-corrected chi connectivity index (χ2v) is 6.85. The van der Waals surface area contributed by atoms with Crippen LogP contribution in [0.4, 0.5) is 4.39 Å². The first-order valence-electron chi connectivity index (χ1n) is 8.34. The fraction of sp³-hybridized carbons (Fsp3) is 0.350. The molecule has 2 aromatic carbocycles. The van der Waals surface area contributed by atoms with Crippen molar-refractivity contribution < 1.29 is 23.4 Å². The van der Waals surface area contributed by atoms with E-state index in [1.165, 1.54) is 25.3 Å². The predicted molar refractivity (Wildman–Crippen MR) is 95.5 cm³/mol. The molecule has 0 aliphatic carbocycles. The Labute approximate surface area is 152 Å². The summed E-state index contributed by atoms with van der Waals surface area (Å²) in [5, 5.41) is 2.98. The van der Waals surface area contributed by atoms with Crippen molar-refractivity contribution in [3.8, 4) is 17.2 Å². The zero-order valence-electron chi connectivity index (χ0n) is 15.3. The van der Waals surface area contributed by atoms with E-state index < -0.39 is 11.4 Å². The maximum absolute atomic E-state index is 13.9. The van der Waals surface area contributed by atoms with Crippen LogP contribution in [0.15, 0.2) is 36.4 Å². The number of benzene rings is 2. The van der Waals surface area contributed by atoms with E-state index in [-0.39, 0.29) is 23.3 Å². The van der Waals surface area contributed by atoms with E-state index in [4.69, 9.17) is 14.2 Å². The molecule has 138 valence electrons. The summed E-state index contributed by atoms with van der Waals surface area (Å²) in [5.74, 6) is 0.537. The smallest absolute Gasteiger partial charge is 0.251 e. The van der Waals surface area contributed by atoms with E-state index in [2.05, 4.69) is 5.32 Å². The third kappa shape index (κ3) is 3.59. The summed E-state index contributed by atoms with van der Waals surface area (Å²) in [6.07, 6.45) is 0.594. The zero-order valence-corrected chi connectivity index (χ0v) is 15.3. The minimum Gasteiger partial charge on any atom is -0.497 e. The molecule has 0 fully saturated rings. The monoisotopic (exact) mass is 359 g/mol. The summed E-state index contributed by atoms with van der Waals surface area (Å²) in [5.41, 5.74) is 0.651. The second kappa shape index (κ2) is 6.86. The maximum atomic E-state index is 13.9. The first-order valence-corrected chi connectivity index (χ1v) is 8.34. The highest BCUT2D eigenvalue weighted by Gasteiger charge is 2.35. The Bertz CT molecular complexity index is 835. The van der Waals surface area contributed by atoms with Crippen LogP contribution in [0, 0.1) is 5.82 Å². The molecule has 0 bridgehead atoms. The van der Waals surface area contributed by atoms with Gasteiger partial charge in [0.1, 0.15) is 17.1 Å². The Morgan fingerprint density at radius 2 is 1.96 bits per heavy atom. The van der Waals surface area contributed by atoms with Crippen molar-refractivity contribution in [3.63, 3.8) is 0 Å². The van der Waals surface area contributed by atoms with Gasteiger partial charge in [0.15, 0.2) is 11.6 Å². The lowest BCUT2D eigenvalue weighted by Gasteiger charge is -2.38. The fourth-order valence-corrected chi connectivity index (χ4v) is 3.14. The average molecular weight is 359 g/mol. The van der Waals surface area contributed by atoms with Gasteiger partial charge in [-0.2, -0.15) is 0 Å². The van der Waals surface area contributed by atoms with E-state index in [0.29, 0.717) is 17.9 Å². The first-order chi connectivity index (χ1) is 12.3. The fourth-order valence-electron chi connectivity index (χ4n) is 3.14. The van der Waals surface area contributed by atoms with Crippen LogP contribution in [-0.4, -0.2) is 25.7 Å². The maximum Gasteiger partial charge on any atom is 0.251 e. The van der Waals surface area contributed by atoms with Gasteiger partial charge >= 0.3 is 0 Å². The summed E-state index contributed by atoms with van der Waals surface area (Å²) >= 11 is 0. The summed E-state index contributed by atoms with van der Waals surface area (Å²) in [4.78, 5) is 12.6. The van der Waals surface area contributed by atoms with Crippen LogP contribution >= 0.6 is 0 Å². The van der Waals surface area contributed by atoms with Crippen LogP contribution in [-0.2, 0) is 0 Å². The van der Waals surface area contributed by atoms with Gasteiger partial charge in [-0.15, -0.1) is 0 Å². The van der Waals surface area contributed by atoms with Gasteiger partial charge in [-0.25, -0.2) is 4.39 Å². The van der Waals surface area contributed by atoms with E-state index in [0.717, 1.165) is 5.56 Å². The minimum absolute atomic E-state index is 0.103. The number of methoxy groups -OCH3 is 2. The number of fused-ring (bicyclic) bond motifs is 1. The van der Waals surface area contributed by atoms with Crippen LogP contribution in [0.5, 0.6) is 17.2 Å². The zero-order chi connectivity index (χ0) is 18.9. The molecule has 0 aromatic heterocycles. The molecule has 0 spiro atoms. The molecule has 0 saturated carbocycles. The summed E-state index contributed by atoms with van der Waals surface area (Å²) < 4.78 is 30.1. The van der Waals surface area contributed by atoms with Crippen molar-refractivity contribution in [2.24, 2.45) is 0 Å². The molecule has 1 heterocycles. The number of ether oxygens (including phenoxy) is 3. The molecule has 5 nitrogen and oxygen atoms in total. The molecular formula is C20H22FNO4. The second-order valence-electron chi connectivity index (χ2n) is 6.85. The number of hydrogen-bond acceptors (Lipinski definition) is 4. The van der Waals surface area contributed by atoms with Gasteiger partial charge in [0.25, 0.3) is 5.91 Å². The van der Waals surface area contributed by atoms with Crippen molar-refractivity contribution in [1.82, 2.24) is 5.32 Å². The number of carbonyl (C=O) groups is 1. The quantitative estimate of drug-likeness (QED) is 0.900. The Kier molecular flexibility index (Phi) is 4.76. The molecule has 0 unspecified atom stereocenters.